The Hall–Kier alpha value is -1.10. The van der Waals surface area contributed by atoms with Crippen LogP contribution < -0.4 is 11.1 Å². The molecule has 0 aliphatic rings. The lowest BCUT2D eigenvalue weighted by atomic mass is 9.85. The van der Waals surface area contributed by atoms with E-state index >= 15 is 0 Å². The van der Waals surface area contributed by atoms with Gasteiger partial charge in [-0.15, -0.1) is 0 Å². The van der Waals surface area contributed by atoms with Crippen molar-refractivity contribution < 1.29 is 14.3 Å². The molecule has 0 spiro atoms. The molecule has 0 fully saturated rings. The lowest BCUT2D eigenvalue weighted by Gasteiger charge is -2.25. The Morgan fingerprint density at radius 3 is 2.29 bits per heavy atom. The van der Waals surface area contributed by atoms with Crippen molar-refractivity contribution in [1.29, 1.82) is 0 Å². The average molecular weight is 244 g/mol. The van der Waals surface area contributed by atoms with Crippen LogP contribution >= 0.6 is 0 Å². The van der Waals surface area contributed by atoms with Crippen molar-refractivity contribution in [3.8, 4) is 0 Å². The maximum atomic E-state index is 12.1. The van der Waals surface area contributed by atoms with Gasteiger partial charge in [-0.3, -0.25) is 4.79 Å². The highest BCUT2D eigenvalue weighted by atomic mass is 16.5. The van der Waals surface area contributed by atoms with Crippen LogP contribution in [0.5, 0.6) is 0 Å². The second-order valence-electron chi connectivity index (χ2n) is 5.09. The van der Waals surface area contributed by atoms with Crippen molar-refractivity contribution in [3.05, 3.63) is 0 Å². The van der Waals surface area contributed by atoms with E-state index in [0.29, 0.717) is 13.0 Å². The van der Waals surface area contributed by atoms with Gasteiger partial charge in [-0.05, 0) is 25.8 Å². The van der Waals surface area contributed by atoms with Gasteiger partial charge < -0.3 is 15.8 Å². The summed E-state index contributed by atoms with van der Waals surface area (Å²) in [6, 6.07) is -0.492. The van der Waals surface area contributed by atoms with E-state index in [1.54, 1.807) is 0 Å². The minimum Gasteiger partial charge on any atom is -0.453 e. The van der Waals surface area contributed by atoms with Crippen LogP contribution in [0.4, 0.5) is 4.79 Å². The minimum absolute atomic E-state index is 0.0138. The van der Waals surface area contributed by atoms with Gasteiger partial charge in [-0.1, -0.05) is 20.8 Å². The molecule has 0 unspecified atom stereocenters. The van der Waals surface area contributed by atoms with E-state index in [9.17, 15) is 9.59 Å². The fourth-order valence-corrected chi connectivity index (χ4v) is 1.49. The fraction of sp³-hybridized carbons (Fsp3) is 0.833. The number of rotatable bonds is 6. The smallest absolute Gasteiger partial charge is 0.407 e. The van der Waals surface area contributed by atoms with Gasteiger partial charge in [-0.25, -0.2) is 4.79 Å². The summed E-state index contributed by atoms with van der Waals surface area (Å²) >= 11 is 0. The highest BCUT2D eigenvalue weighted by Crippen LogP contribution is 2.19. The Balaban J connectivity index is 4.49. The SMILES string of the molecule is COC(=O)N[C@@H](CCCCN)C(=O)C(C)(C)C. The molecule has 0 bridgehead atoms. The molecule has 0 saturated carbocycles. The van der Waals surface area contributed by atoms with Crippen molar-refractivity contribution in [2.75, 3.05) is 13.7 Å². The first kappa shape index (κ1) is 15.9. The van der Waals surface area contributed by atoms with E-state index in [4.69, 9.17) is 5.73 Å². The number of ketones is 1. The average Bonchev–Trinajstić information content (AvgIpc) is 2.25. The third-order valence-electron chi connectivity index (χ3n) is 2.48. The molecule has 100 valence electrons. The van der Waals surface area contributed by atoms with Crippen LogP contribution in [-0.4, -0.2) is 31.6 Å². The second-order valence-corrected chi connectivity index (χ2v) is 5.09. The lowest BCUT2D eigenvalue weighted by Crippen LogP contribution is -2.45. The van der Waals surface area contributed by atoms with Crippen molar-refractivity contribution in [3.63, 3.8) is 0 Å². The normalized spacial score (nSPS) is 13.0. The number of methoxy groups -OCH3 is 1. The van der Waals surface area contributed by atoms with Gasteiger partial charge in [0.25, 0.3) is 0 Å². The Kier molecular flexibility index (Phi) is 6.80. The maximum Gasteiger partial charge on any atom is 0.407 e. The van der Waals surface area contributed by atoms with E-state index in [2.05, 4.69) is 10.1 Å². The van der Waals surface area contributed by atoms with E-state index in [0.717, 1.165) is 12.8 Å². The fourth-order valence-electron chi connectivity index (χ4n) is 1.49. The summed E-state index contributed by atoms with van der Waals surface area (Å²) < 4.78 is 4.52. The minimum atomic E-state index is -0.569. The number of hydrogen-bond acceptors (Lipinski definition) is 4. The van der Waals surface area contributed by atoms with E-state index in [1.165, 1.54) is 7.11 Å². The Labute approximate surface area is 103 Å². The molecule has 0 aromatic heterocycles. The van der Waals surface area contributed by atoms with Crippen molar-refractivity contribution in [1.82, 2.24) is 5.32 Å². The number of hydrogen-bond donors (Lipinski definition) is 2. The van der Waals surface area contributed by atoms with Crippen molar-refractivity contribution in [2.24, 2.45) is 11.1 Å². The van der Waals surface area contributed by atoms with Crippen LogP contribution in [0.15, 0.2) is 0 Å². The Morgan fingerprint density at radius 1 is 1.29 bits per heavy atom. The van der Waals surface area contributed by atoms with Gasteiger partial charge in [-0.2, -0.15) is 0 Å². The van der Waals surface area contributed by atoms with Crippen molar-refractivity contribution >= 4 is 11.9 Å². The number of Topliss-reactive ketones (excluding diaryl/α,β-unsaturated/α-hetero) is 1. The lowest BCUT2D eigenvalue weighted by molar-refractivity contribution is -0.128. The molecule has 0 radical (unpaired) electrons. The van der Waals surface area contributed by atoms with Crippen LogP contribution in [0.2, 0.25) is 0 Å². The largest absolute Gasteiger partial charge is 0.453 e. The molecular formula is C12H24N2O3. The first-order valence-corrected chi connectivity index (χ1v) is 5.91. The molecule has 0 rings (SSSR count). The van der Waals surface area contributed by atoms with Gasteiger partial charge in [0.05, 0.1) is 13.2 Å². The summed E-state index contributed by atoms with van der Waals surface area (Å²) in [6.07, 6.45) is 1.69. The number of ether oxygens (including phenoxy) is 1. The first-order valence-electron chi connectivity index (χ1n) is 5.91. The maximum absolute atomic E-state index is 12.1. The highest BCUT2D eigenvalue weighted by Gasteiger charge is 2.30. The van der Waals surface area contributed by atoms with Crippen LogP contribution in [-0.2, 0) is 9.53 Å². The first-order chi connectivity index (χ1) is 7.82. The predicted molar refractivity (Wildman–Crippen MR) is 66.7 cm³/mol. The quantitative estimate of drug-likeness (QED) is 0.693. The summed E-state index contributed by atoms with van der Waals surface area (Å²) in [5.41, 5.74) is 4.93. The molecule has 5 nitrogen and oxygen atoms in total. The Morgan fingerprint density at radius 2 is 1.88 bits per heavy atom. The zero-order valence-corrected chi connectivity index (χ0v) is 11.2. The molecule has 3 N–H and O–H groups in total. The molecule has 1 amide bonds. The Bertz CT molecular complexity index is 259. The molecule has 0 aromatic carbocycles. The van der Waals surface area contributed by atoms with Gasteiger partial charge in [0.2, 0.25) is 0 Å². The van der Waals surface area contributed by atoms with Gasteiger partial charge in [0, 0.05) is 5.41 Å². The number of carbonyl (C=O) groups excluding carboxylic acids is 2. The summed E-state index contributed by atoms with van der Waals surface area (Å²) in [4.78, 5) is 23.3. The zero-order valence-electron chi connectivity index (χ0n) is 11.2. The number of unbranched alkanes of at least 4 members (excludes halogenated alkanes) is 1. The third-order valence-corrected chi connectivity index (χ3v) is 2.48. The second kappa shape index (κ2) is 7.27. The topological polar surface area (TPSA) is 81.4 Å². The molecule has 0 aliphatic heterocycles. The number of alkyl carbamates (subject to hydrolysis) is 1. The molecule has 0 heterocycles. The summed E-state index contributed by atoms with van der Waals surface area (Å²) in [5.74, 6) is 0.0138. The van der Waals surface area contributed by atoms with E-state index in [1.807, 2.05) is 20.8 Å². The zero-order chi connectivity index (χ0) is 13.5. The third kappa shape index (κ3) is 6.26. The monoisotopic (exact) mass is 244 g/mol. The summed E-state index contributed by atoms with van der Waals surface area (Å²) in [7, 11) is 1.29. The number of carbonyl (C=O) groups is 2. The summed E-state index contributed by atoms with van der Waals surface area (Å²) in [6.45, 7) is 6.10. The van der Waals surface area contributed by atoms with Gasteiger partial charge >= 0.3 is 6.09 Å². The van der Waals surface area contributed by atoms with Gasteiger partial charge in [0.15, 0.2) is 5.78 Å². The molecular weight excluding hydrogens is 220 g/mol. The van der Waals surface area contributed by atoms with E-state index < -0.39 is 17.6 Å². The van der Waals surface area contributed by atoms with E-state index in [-0.39, 0.29) is 5.78 Å². The number of nitrogens with one attached hydrogen (secondary N) is 1. The molecule has 17 heavy (non-hydrogen) atoms. The van der Waals surface area contributed by atoms with Crippen LogP contribution in [0.25, 0.3) is 0 Å². The van der Waals surface area contributed by atoms with Crippen molar-refractivity contribution in [2.45, 2.75) is 46.1 Å². The molecule has 0 saturated heterocycles. The molecule has 0 aliphatic carbocycles. The van der Waals surface area contributed by atoms with Gasteiger partial charge in [0.1, 0.15) is 0 Å². The summed E-state index contributed by atoms with van der Waals surface area (Å²) in [5, 5.41) is 2.58. The van der Waals surface area contributed by atoms with Crippen LogP contribution in [0.1, 0.15) is 40.0 Å². The molecule has 5 heteroatoms. The number of amides is 1. The highest BCUT2D eigenvalue weighted by molar-refractivity contribution is 5.91. The van der Waals surface area contributed by atoms with Crippen LogP contribution in [0, 0.1) is 5.41 Å². The van der Waals surface area contributed by atoms with Crippen LogP contribution in [0.3, 0.4) is 0 Å². The molecule has 1 atom stereocenters. The number of nitrogens with two attached hydrogens (primary N) is 1. The predicted octanol–water partition coefficient (Wildman–Crippen LogP) is 1.46. The standard InChI is InChI=1S/C12H24N2O3/c1-12(2,3)10(15)9(7-5-6-8-13)14-11(16)17-4/h9H,5-8,13H2,1-4H3,(H,14,16)/t9-/m0/s1. The molecule has 0 aromatic rings.